The molecule has 2 unspecified atom stereocenters. The molecule has 0 saturated heterocycles. The predicted octanol–water partition coefficient (Wildman–Crippen LogP) is 1.96. The Labute approximate surface area is 133 Å². The highest BCUT2D eigenvalue weighted by molar-refractivity contribution is 5.75. The van der Waals surface area contributed by atoms with Crippen LogP contribution in [0.25, 0.3) is 0 Å². The standard InChI is InChI=1S/C16H17FN6/c1-11(12-2-4-13(17)5-3-12)16(18)21-7-6-14(23-16)22-15-10-19-8-9-20-15/h2-11,23H,18H2,1H3,(H,20,22). The number of aromatic nitrogens is 2. The van der Waals surface area contributed by atoms with Crippen LogP contribution in [0.3, 0.4) is 0 Å². The molecule has 2 heterocycles. The fourth-order valence-electron chi connectivity index (χ4n) is 2.32. The van der Waals surface area contributed by atoms with E-state index in [-0.39, 0.29) is 11.7 Å². The molecule has 0 fully saturated rings. The summed E-state index contributed by atoms with van der Waals surface area (Å²) < 4.78 is 13.1. The van der Waals surface area contributed by atoms with Crippen LogP contribution in [0.5, 0.6) is 0 Å². The van der Waals surface area contributed by atoms with E-state index < -0.39 is 5.79 Å². The Balaban J connectivity index is 1.77. The highest BCUT2D eigenvalue weighted by Crippen LogP contribution is 2.27. The topological polar surface area (TPSA) is 88.2 Å². The molecule has 1 aliphatic heterocycles. The smallest absolute Gasteiger partial charge is 0.189 e. The first-order chi connectivity index (χ1) is 11.1. The van der Waals surface area contributed by atoms with E-state index in [0.29, 0.717) is 11.6 Å². The van der Waals surface area contributed by atoms with E-state index in [1.54, 1.807) is 43.0 Å². The number of nitrogens with two attached hydrogens (primary N) is 1. The number of anilines is 1. The molecule has 7 heteroatoms. The normalized spacial score (nSPS) is 21.3. The Bertz CT molecular complexity index is 728. The van der Waals surface area contributed by atoms with Crippen LogP contribution in [-0.4, -0.2) is 22.0 Å². The molecular formula is C16H17FN6. The molecule has 2 aromatic rings. The SMILES string of the molecule is CC(c1ccc(F)cc1)C1(N)N=CC=C(Nc2cnccn2)N1. The lowest BCUT2D eigenvalue weighted by Gasteiger charge is -2.36. The minimum absolute atomic E-state index is 0.174. The summed E-state index contributed by atoms with van der Waals surface area (Å²) >= 11 is 0. The van der Waals surface area contributed by atoms with Gasteiger partial charge in [-0.3, -0.25) is 15.7 Å². The molecule has 4 N–H and O–H groups in total. The van der Waals surface area contributed by atoms with Crippen molar-refractivity contribution in [1.82, 2.24) is 15.3 Å². The van der Waals surface area contributed by atoms with Crippen molar-refractivity contribution in [3.63, 3.8) is 0 Å². The molecule has 1 aromatic heterocycles. The number of hydrogen-bond donors (Lipinski definition) is 3. The summed E-state index contributed by atoms with van der Waals surface area (Å²) in [6, 6.07) is 6.24. The van der Waals surface area contributed by atoms with Gasteiger partial charge in [0.25, 0.3) is 0 Å². The molecule has 118 valence electrons. The molecule has 0 spiro atoms. The van der Waals surface area contributed by atoms with Gasteiger partial charge in [0.2, 0.25) is 0 Å². The van der Waals surface area contributed by atoms with Crippen LogP contribution in [0, 0.1) is 5.82 Å². The fourth-order valence-corrected chi connectivity index (χ4v) is 2.32. The summed E-state index contributed by atoms with van der Waals surface area (Å²) in [6.07, 6.45) is 8.19. The van der Waals surface area contributed by atoms with Crippen molar-refractivity contribution in [2.45, 2.75) is 18.6 Å². The summed E-state index contributed by atoms with van der Waals surface area (Å²) in [6.45, 7) is 1.93. The second-order valence-corrected chi connectivity index (χ2v) is 5.30. The first kappa shape index (κ1) is 15.1. The average molecular weight is 312 g/mol. The zero-order valence-corrected chi connectivity index (χ0v) is 12.6. The lowest BCUT2D eigenvalue weighted by atomic mass is 9.93. The van der Waals surface area contributed by atoms with E-state index in [9.17, 15) is 4.39 Å². The molecule has 1 aromatic carbocycles. The van der Waals surface area contributed by atoms with Gasteiger partial charge < -0.3 is 10.6 Å². The van der Waals surface area contributed by atoms with Gasteiger partial charge in [-0.25, -0.2) is 9.37 Å². The monoisotopic (exact) mass is 312 g/mol. The van der Waals surface area contributed by atoms with Gasteiger partial charge in [-0.05, 0) is 23.8 Å². The molecule has 23 heavy (non-hydrogen) atoms. The van der Waals surface area contributed by atoms with E-state index in [4.69, 9.17) is 5.73 Å². The van der Waals surface area contributed by atoms with Crippen LogP contribution in [0.4, 0.5) is 10.2 Å². The third kappa shape index (κ3) is 3.35. The molecule has 3 rings (SSSR count). The molecule has 0 bridgehead atoms. The van der Waals surface area contributed by atoms with Crippen LogP contribution in [0.2, 0.25) is 0 Å². The van der Waals surface area contributed by atoms with Crippen LogP contribution in [0.15, 0.2) is 59.7 Å². The molecule has 6 nitrogen and oxygen atoms in total. The zero-order chi connectivity index (χ0) is 16.3. The summed E-state index contributed by atoms with van der Waals surface area (Å²) in [4.78, 5) is 12.5. The molecule has 0 radical (unpaired) electrons. The summed E-state index contributed by atoms with van der Waals surface area (Å²) in [5.74, 6) is -0.240. The number of allylic oxidation sites excluding steroid dienone is 1. The zero-order valence-electron chi connectivity index (χ0n) is 12.6. The average Bonchev–Trinajstić information content (AvgIpc) is 2.56. The lowest BCUT2D eigenvalue weighted by Crippen LogP contribution is -2.57. The van der Waals surface area contributed by atoms with Crippen molar-refractivity contribution in [1.29, 1.82) is 0 Å². The van der Waals surface area contributed by atoms with Crippen molar-refractivity contribution in [3.8, 4) is 0 Å². The molecule has 1 aliphatic rings. The van der Waals surface area contributed by atoms with Gasteiger partial charge in [-0.15, -0.1) is 0 Å². The molecule has 0 aliphatic carbocycles. The third-order valence-electron chi connectivity index (χ3n) is 3.72. The third-order valence-corrected chi connectivity index (χ3v) is 3.72. The van der Waals surface area contributed by atoms with E-state index >= 15 is 0 Å². The number of aliphatic imine (C=N–C) groups is 1. The summed E-state index contributed by atoms with van der Waals surface area (Å²) in [5.41, 5.74) is 7.29. The van der Waals surface area contributed by atoms with Gasteiger partial charge in [-0.2, -0.15) is 0 Å². The predicted molar refractivity (Wildman–Crippen MR) is 87.1 cm³/mol. The van der Waals surface area contributed by atoms with Crippen LogP contribution < -0.4 is 16.4 Å². The number of nitrogens with zero attached hydrogens (tertiary/aromatic N) is 3. The quantitative estimate of drug-likeness (QED) is 0.803. The van der Waals surface area contributed by atoms with Crippen molar-refractivity contribution in [3.05, 3.63) is 66.1 Å². The number of benzene rings is 1. The maximum Gasteiger partial charge on any atom is 0.189 e. The van der Waals surface area contributed by atoms with Crippen molar-refractivity contribution >= 4 is 12.0 Å². The largest absolute Gasteiger partial charge is 0.335 e. The van der Waals surface area contributed by atoms with Gasteiger partial charge in [0.15, 0.2) is 5.79 Å². The van der Waals surface area contributed by atoms with E-state index in [2.05, 4.69) is 25.6 Å². The number of nitrogens with one attached hydrogen (secondary N) is 2. The van der Waals surface area contributed by atoms with Gasteiger partial charge in [0, 0.05) is 24.5 Å². The second-order valence-electron chi connectivity index (χ2n) is 5.30. The summed E-state index contributed by atoms with van der Waals surface area (Å²) in [5, 5.41) is 6.26. The Kier molecular flexibility index (Phi) is 4.03. The highest BCUT2D eigenvalue weighted by atomic mass is 19.1. The maximum absolute atomic E-state index is 13.1. The van der Waals surface area contributed by atoms with Crippen molar-refractivity contribution < 1.29 is 4.39 Å². The Hall–Kier alpha value is -2.80. The fraction of sp³-hybridized carbons (Fsp3) is 0.188. The van der Waals surface area contributed by atoms with Crippen molar-refractivity contribution in [2.75, 3.05) is 5.32 Å². The van der Waals surface area contributed by atoms with Gasteiger partial charge in [-0.1, -0.05) is 19.1 Å². The van der Waals surface area contributed by atoms with Crippen LogP contribution in [-0.2, 0) is 0 Å². The van der Waals surface area contributed by atoms with Gasteiger partial charge in [0.05, 0.1) is 6.20 Å². The highest BCUT2D eigenvalue weighted by Gasteiger charge is 2.34. The Morgan fingerprint density at radius 2 is 2.04 bits per heavy atom. The van der Waals surface area contributed by atoms with Gasteiger partial charge >= 0.3 is 0 Å². The van der Waals surface area contributed by atoms with E-state index in [1.807, 2.05) is 6.92 Å². The minimum atomic E-state index is -1.04. The van der Waals surface area contributed by atoms with E-state index in [1.165, 1.54) is 12.1 Å². The van der Waals surface area contributed by atoms with Gasteiger partial charge in [0.1, 0.15) is 17.5 Å². The number of rotatable bonds is 4. The lowest BCUT2D eigenvalue weighted by molar-refractivity contribution is 0.324. The first-order valence-electron chi connectivity index (χ1n) is 7.18. The minimum Gasteiger partial charge on any atom is -0.335 e. The van der Waals surface area contributed by atoms with Crippen LogP contribution >= 0.6 is 0 Å². The Morgan fingerprint density at radius 1 is 1.26 bits per heavy atom. The first-order valence-corrected chi connectivity index (χ1v) is 7.18. The molecule has 2 atom stereocenters. The maximum atomic E-state index is 13.1. The van der Waals surface area contributed by atoms with Crippen LogP contribution in [0.1, 0.15) is 18.4 Å². The Morgan fingerprint density at radius 3 is 2.74 bits per heavy atom. The molecule has 0 amide bonds. The number of halogens is 1. The molecule has 0 saturated carbocycles. The van der Waals surface area contributed by atoms with E-state index in [0.717, 1.165) is 5.56 Å². The van der Waals surface area contributed by atoms with Crippen molar-refractivity contribution in [2.24, 2.45) is 10.7 Å². The second kappa shape index (κ2) is 6.13. The summed E-state index contributed by atoms with van der Waals surface area (Å²) in [7, 11) is 0. The number of hydrogen-bond acceptors (Lipinski definition) is 6. The molecular weight excluding hydrogens is 295 g/mol.